The lowest BCUT2D eigenvalue weighted by atomic mass is 10.1. The van der Waals surface area contributed by atoms with E-state index in [4.69, 9.17) is 4.74 Å². The third-order valence-corrected chi connectivity index (χ3v) is 5.57. The molecule has 0 N–H and O–H groups in total. The second kappa shape index (κ2) is 8.64. The minimum absolute atomic E-state index is 0.119. The number of benzene rings is 2. The highest BCUT2D eigenvalue weighted by Crippen LogP contribution is 2.36. The Morgan fingerprint density at radius 3 is 2.16 bits per heavy atom. The van der Waals surface area contributed by atoms with Crippen LogP contribution < -0.4 is 9.64 Å². The standard InChI is InChI=1S/C23H23F3N4O2/c1-15-12-18-19(13-16(15)2)28-22(21(27-18)23(24,25)26)30-10-8-29(9-11-30)20(31)14-32-17-6-4-3-5-7-17/h3-7,12-13H,8-11,14H2,1-2H3. The molecule has 0 spiro atoms. The summed E-state index contributed by atoms with van der Waals surface area (Å²) >= 11 is 0. The molecular formula is C23H23F3N4O2. The van der Waals surface area contributed by atoms with Crippen LogP contribution in [0, 0.1) is 13.8 Å². The van der Waals surface area contributed by atoms with Crippen LogP contribution in [0.3, 0.4) is 0 Å². The van der Waals surface area contributed by atoms with Crippen LogP contribution in [0.4, 0.5) is 19.0 Å². The topological polar surface area (TPSA) is 58.6 Å². The Bertz CT molecular complexity index is 1130. The van der Waals surface area contributed by atoms with E-state index < -0.39 is 11.9 Å². The Balaban J connectivity index is 1.50. The first kappa shape index (κ1) is 21.9. The number of aryl methyl sites for hydroxylation is 2. The summed E-state index contributed by atoms with van der Waals surface area (Å²) in [6.07, 6.45) is -4.63. The summed E-state index contributed by atoms with van der Waals surface area (Å²) in [5, 5.41) is 0. The maximum Gasteiger partial charge on any atom is 0.437 e. The van der Waals surface area contributed by atoms with Crippen LogP contribution in [0.25, 0.3) is 11.0 Å². The molecular weight excluding hydrogens is 421 g/mol. The van der Waals surface area contributed by atoms with Crippen molar-refractivity contribution in [3.8, 4) is 5.75 Å². The lowest BCUT2D eigenvalue weighted by molar-refractivity contribution is -0.141. The number of carbonyl (C=O) groups is 1. The van der Waals surface area contributed by atoms with Gasteiger partial charge in [-0.15, -0.1) is 0 Å². The monoisotopic (exact) mass is 444 g/mol. The zero-order valence-corrected chi connectivity index (χ0v) is 17.8. The number of anilines is 1. The Morgan fingerprint density at radius 2 is 1.56 bits per heavy atom. The van der Waals surface area contributed by atoms with Gasteiger partial charge in [0.05, 0.1) is 11.0 Å². The quantitative estimate of drug-likeness (QED) is 0.609. The smallest absolute Gasteiger partial charge is 0.437 e. The summed E-state index contributed by atoms with van der Waals surface area (Å²) in [6.45, 7) is 4.61. The number of para-hydroxylation sites is 1. The van der Waals surface area contributed by atoms with Crippen LogP contribution in [-0.4, -0.2) is 53.6 Å². The van der Waals surface area contributed by atoms with Crippen molar-refractivity contribution >= 4 is 22.8 Å². The number of amides is 1. The average Bonchev–Trinajstić information content (AvgIpc) is 2.78. The number of ether oxygens (including phenoxy) is 1. The van der Waals surface area contributed by atoms with Crippen LogP contribution in [0.5, 0.6) is 5.75 Å². The van der Waals surface area contributed by atoms with Gasteiger partial charge in [-0.05, 0) is 49.2 Å². The first-order valence-corrected chi connectivity index (χ1v) is 10.3. The largest absolute Gasteiger partial charge is 0.484 e. The molecule has 0 bridgehead atoms. The van der Waals surface area contributed by atoms with Gasteiger partial charge in [0.15, 0.2) is 18.1 Å². The second-order valence-electron chi connectivity index (χ2n) is 7.79. The number of piperazine rings is 1. The lowest BCUT2D eigenvalue weighted by Crippen LogP contribution is -2.50. The SMILES string of the molecule is Cc1cc2nc(N3CCN(C(=O)COc4ccccc4)CC3)c(C(F)(F)F)nc2cc1C. The molecule has 168 valence electrons. The van der Waals surface area contributed by atoms with Gasteiger partial charge in [-0.1, -0.05) is 18.2 Å². The predicted octanol–water partition coefficient (Wildman–Crippen LogP) is 3.99. The lowest BCUT2D eigenvalue weighted by Gasteiger charge is -2.36. The van der Waals surface area contributed by atoms with Crippen molar-refractivity contribution in [3.63, 3.8) is 0 Å². The van der Waals surface area contributed by atoms with Crippen molar-refractivity contribution in [1.82, 2.24) is 14.9 Å². The zero-order valence-electron chi connectivity index (χ0n) is 17.8. The summed E-state index contributed by atoms with van der Waals surface area (Å²) in [4.78, 5) is 23.8. The van der Waals surface area contributed by atoms with Gasteiger partial charge in [0.2, 0.25) is 0 Å². The summed E-state index contributed by atoms with van der Waals surface area (Å²) < 4.78 is 46.8. The number of rotatable bonds is 4. The van der Waals surface area contributed by atoms with E-state index >= 15 is 0 Å². The number of aromatic nitrogens is 2. The van der Waals surface area contributed by atoms with Crippen LogP contribution in [0.2, 0.25) is 0 Å². The van der Waals surface area contributed by atoms with Gasteiger partial charge in [0.25, 0.3) is 5.91 Å². The molecule has 2 aromatic carbocycles. The molecule has 1 aromatic heterocycles. The molecule has 0 atom stereocenters. The van der Waals surface area contributed by atoms with E-state index in [1.807, 2.05) is 32.0 Å². The van der Waals surface area contributed by atoms with E-state index in [9.17, 15) is 18.0 Å². The molecule has 6 nitrogen and oxygen atoms in total. The van der Waals surface area contributed by atoms with E-state index in [1.54, 1.807) is 34.1 Å². The summed E-state index contributed by atoms with van der Waals surface area (Å²) in [6, 6.07) is 12.4. The fourth-order valence-corrected chi connectivity index (χ4v) is 3.63. The van der Waals surface area contributed by atoms with Gasteiger partial charge in [-0.2, -0.15) is 13.2 Å². The number of hydrogen-bond donors (Lipinski definition) is 0. The molecule has 1 saturated heterocycles. The van der Waals surface area contributed by atoms with Gasteiger partial charge in [0.1, 0.15) is 5.75 Å². The highest BCUT2D eigenvalue weighted by molar-refractivity contribution is 5.79. The molecule has 1 fully saturated rings. The first-order chi connectivity index (χ1) is 15.2. The molecule has 1 aliphatic rings. The molecule has 4 rings (SSSR count). The Hall–Kier alpha value is -3.36. The van der Waals surface area contributed by atoms with Gasteiger partial charge in [-0.3, -0.25) is 4.79 Å². The molecule has 3 aromatic rings. The maximum absolute atomic E-state index is 13.8. The first-order valence-electron chi connectivity index (χ1n) is 10.3. The van der Waals surface area contributed by atoms with E-state index in [-0.39, 0.29) is 50.0 Å². The second-order valence-corrected chi connectivity index (χ2v) is 7.79. The van der Waals surface area contributed by atoms with Crippen molar-refractivity contribution in [2.75, 3.05) is 37.7 Å². The summed E-state index contributed by atoms with van der Waals surface area (Å²) in [7, 11) is 0. The fourth-order valence-electron chi connectivity index (χ4n) is 3.63. The number of carbonyl (C=O) groups excluding carboxylic acids is 1. The van der Waals surface area contributed by atoms with Gasteiger partial charge >= 0.3 is 6.18 Å². The van der Waals surface area contributed by atoms with Gasteiger partial charge in [0, 0.05) is 26.2 Å². The average molecular weight is 444 g/mol. The van der Waals surface area contributed by atoms with Crippen LogP contribution >= 0.6 is 0 Å². The van der Waals surface area contributed by atoms with Crippen molar-refractivity contribution in [3.05, 3.63) is 59.3 Å². The molecule has 32 heavy (non-hydrogen) atoms. The fraction of sp³-hybridized carbons (Fsp3) is 0.348. The van der Waals surface area contributed by atoms with Crippen molar-refractivity contribution in [2.45, 2.75) is 20.0 Å². The minimum atomic E-state index is -4.63. The van der Waals surface area contributed by atoms with E-state index in [2.05, 4.69) is 9.97 Å². The number of alkyl halides is 3. The van der Waals surface area contributed by atoms with Gasteiger partial charge < -0.3 is 14.5 Å². The van der Waals surface area contributed by atoms with Crippen LogP contribution in [0.1, 0.15) is 16.8 Å². The van der Waals surface area contributed by atoms with Crippen molar-refractivity contribution in [2.24, 2.45) is 0 Å². The van der Waals surface area contributed by atoms with Crippen molar-refractivity contribution < 1.29 is 22.7 Å². The van der Waals surface area contributed by atoms with Crippen LogP contribution in [0.15, 0.2) is 42.5 Å². The van der Waals surface area contributed by atoms with E-state index in [0.29, 0.717) is 11.3 Å². The Kier molecular flexibility index (Phi) is 5.90. The molecule has 0 aliphatic carbocycles. The van der Waals surface area contributed by atoms with Crippen LogP contribution in [-0.2, 0) is 11.0 Å². The van der Waals surface area contributed by atoms with E-state index in [0.717, 1.165) is 11.1 Å². The van der Waals surface area contributed by atoms with Crippen molar-refractivity contribution in [1.29, 1.82) is 0 Å². The molecule has 0 radical (unpaired) electrons. The Labute approximate surface area is 183 Å². The zero-order chi connectivity index (χ0) is 22.9. The molecule has 0 unspecified atom stereocenters. The van der Waals surface area contributed by atoms with E-state index in [1.165, 1.54) is 0 Å². The third-order valence-electron chi connectivity index (χ3n) is 5.57. The minimum Gasteiger partial charge on any atom is -0.484 e. The molecule has 9 heteroatoms. The molecule has 1 amide bonds. The molecule has 0 saturated carbocycles. The predicted molar refractivity (Wildman–Crippen MR) is 115 cm³/mol. The van der Waals surface area contributed by atoms with Gasteiger partial charge in [-0.25, -0.2) is 9.97 Å². The maximum atomic E-state index is 13.8. The molecule has 1 aliphatic heterocycles. The number of nitrogens with zero attached hydrogens (tertiary/aromatic N) is 4. The number of hydrogen-bond acceptors (Lipinski definition) is 5. The Morgan fingerprint density at radius 1 is 0.969 bits per heavy atom. The molecule has 2 heterocycles. The number of fused-ring (bicyclic) bond motifs is 1. The highest BCUT2D eigenvalue weighted by atomic mass is 19.4. The summed E-state index contributed by atoms with van der Waals surface area (Å²) in [5.41, 5.74) is 1.44. The normalized spacial score (nSPS) is 14.7. The number of halogens is 3. The highest BCUT2D eigenvalue weighted by Gasteiger charge is 2.39. The summed E-state index contributed by atoms with van der Waals surface area (Å²) in [5.74, 6) is 0.187. The third kappa shape index (κ3) is 4.61.